The molecule has 92 valence electrons. The number of carbonyl (C=O) groups excluding carboxylic acids is 1. The lowest BCUT2D eigenvalue weighted by Gasteiger charge is -2.14. The number of hydrogen-bond acceptors (Lipinski definition) is 3. The van der Waals surface area contributed by atoms with Crippen LogP contribution in [0.2, 0.25) is 0 Å². The summed E-state index contributed by atoms with van der Waals surface area (Å²) in [5.74, 6) is 0.0538. The predicted octanol–water partition coefficient (Wildman–Crippen LogP) is 3.79. The maximum Gasteiger partial charge on any atom is 0.272 e. The molecule has 0 radical (unpaired) electrons. The van der Waals surface area contributed by atoms with E-state index in [9.17, 15) is 14.9 Å². The summed E-state index contributed by atoms with van der Waals surface area (Å²) < 4.78 is -0.0606. The third kappa shape index (κ3) is 3.93. The van der Waals surface area contributed by atoms with Gasteiger partial charge in [-0.25, -0.2) is 0 Å². The molecule has 1 aromatic rings. The first-order chi connectivity index (χ1) is 8.06. The predicted molar refractivity (Wildman–Crippen MR) is 69.3 cm³/mol. The van der Waals surface area contributed by atoms with E-state index in [1.165, 1.54) is 6.07 Å². The van der Waals surface area contributed by atoms with E-state index in [0.29, 0.717) is 18.4 Å². The average Bonchev–Trinajstić information content (AvgIpc) is 2.30. The van der Waals surface area contributed by atoms with Gasteiger partial charge >= 0.3 is 0 Å². The van der Waals surface area contributed by atoms with Gasteiger partial charge in [0, 0.05) is 18.1 Å². The van der Waals surface area contributed by atoms with Crippen molar-refractivity contribution in [1.82, 2.24) is 0 Å². The third-order valence-corrected chi connectivity index (χ3v) is 3.15. The second-order valence-electron chi connectivity index (χ2n) is 3.81. The van der Waals surface area contributed by atoms with E-state index in [1.807, 2.05) is 6.92 Å². The van der Waals surface area contributed by atoms with Crippen molar-refractivity contribution in [2.75, 3.05) is 0 Å². The molecule has 4 nitrogen and oxygen atoms in total. The van der Waals surface area contributed by atoms with Crippen LogP contribution in [0.1, 0.15) is 37.7 Å². The molecule has 0 aromatic heterocycles. The van der Waals surface area contributed by atoms with Gasteiger partial charge in [-0.05, 0) is 34.7 Å². The summed E-state index contributed by atoms with van der Waals surface area (Å²) in [6.45, 7) is 1.97. The number of nitrogens with zero attached hydrogens (tertiary/aromatic N) is 1. The van der Waals surface area contributed by atoms with Crippen molar-refractivity contribution in [1.29, 1.82) is 0 Å². The monoisotopic (exact) mass is 299 g/mol. The van der Waals surface area contributed by atoms with Crippen molar-refractivity contribution >= 4 is 26.3 Å². The fourth-order valence-electron chi connectivity index (χ4n) is 1.87. The molecule has 0 bridgehead atoms. The Morgan fingerprint density at radius 1 is 1.47 bits per heavy atom. The Kier molecular flexibility index (Phi) is 5.28. The molecule has 0 aliphatic heterocycles. The molecule has 5 heteroatoms. The Bertz CT molecular complexity index is 420. The van der Waals surface area contributed by atoms with Crippen LogP contribution in [0.3, 0.4) is 0 Å². The minimum atomic E-state index is -0.367. The maximum absolute atomic E-state index is 10.9. The molecule has 0 N–H and O–H groups in total. The zero-order valence-electron chi connectivity index (χ0n) is 9.56. The lowest BCUT2D eigenvalue weighted by Crippen LogP contribution is -2.03. The molecule has 1 atom stereocenters. The van der Waals surface area contributed by atoms with E-state index in [0.717, 1.165) is 6.42 Å². The summed E-state index contributed by atoms with van der Waals surface area (Å²) >= 11 is 2.88. The van der Waals surface area contributed by atoms with Crippen molar-refractivity contribution in [2.45, 2.75) is 32.1 Å². The van der Waals surface area contributed by atoms with Gasteiger partial charge in [0.1, 0.15) is 0 Å². The molecule has 1 unspecified atom stereocenters. The molecule has 0 fully saturated rings. The van der Waals surface area contributed by atoms with Gasteiger partial charge < -0.3 is 0 Å². The zero-order valence-corrected chi connectivity index (χ0v) is 11.1. The molecule has 17 heavy (non-hydrogen) atoms. The first-order valence-electron chi connectivity index (χ1n) is 5.48. The summed E-state index contributed by atoms with van der Waals surface area (Å²) in [7, 11) is 0. The van der Waals surface area contributed by atoms with Crippen molar-refractivity contribution in [2.24, 2.45) is 0 Å². The Morgan fingerprint density at radius 3 is 2.65 bits per heavy atom. The molecule has 0 aliphatic carbocycles. The Morgan fingerprint density at radius 2 is 2.12 bits per heavy atom. The van der Waals surface area contributed by atoms with Crippen molar-refractivity contribution in [3.05, 3.63) is 39.9 Å². The summed E-state index contributed by atoms with van der Waals surface area (Å²) in [5, 5.41) is 10.9. The number of benzene rings is 1. The van der Waals surface area contributed by atoms with Gasteiger partial charge in [-0.15, -0.1) is 0 Å². The molecule has 0 spiro atoms. The summed E-state index contributed by atoms with van der Waals surface area (Å²) in [4.78, 5) is 21.4. The lowest BCUT2D eigenvalue weighted by molar-refractivity contribution is -0.385. The Hall–Kier alpha value is -1.23. The van der Waals surface area contributed by atoms with Crippen LogP contribution in [0.25, 0.3) is 0 Å². The molecular formula is C12H14BrNO3. The van der Waals surface area contributed by atoms with Crippen LogP contribution in [0.4, 0.5) is 5.69 Å². The fraction of sp³-hybridized carbons (Fsp3) is 0.417. The van der Waals surface area contributed by atoms with Gasteiger partial charge in [0.2, 0.25) is 0 Å². The smallest absolute Gasteiger partial charge is 0.272 e. The highest BCUT2D eigenvalue weighted by Gasteiger charge is 2.20. The molecule has 1 rings (SSSR count). The second-order valence-corrected chi connectivity index (χ2v) is 4.70. The number of nitro groups is 1. The van der Waals surface area contributed by atoms with Gasteiger partial charge in [0.15, 0.2) is 4.69 Å². The van der Waals surface area contributed by atoms with Crippen LogP contribution in [0.15, 0.2) is 24.3 Å². The number of carbonyl (C=O) groups is 1. The lowest BCUT2D eigenvalue weighted by atomic mass is 9.91. The number of nitro benzene ring substituents is 1. The summed E-state index contributed by atoms with van der Waals surface area (Å²) in [6, 6.07) is 6.73. The van der Waals surface area contributed by atoms with E-state index in [4.69, 9.17) is 0 Å². The number of hydrogen-bond donors (Lipinski definition) is 0. The van der Waals surface area contributed by atoms with E-state index < -0.39 is 0 Å². The SMILES string of the molecule is CCC(CCC(=O)Br)c1ccccc1[N+](=O)[O-]. The number of para-hydroxylation sites is 1. The van der Waals surface area contributed by atoms with Crippen molar-refractivity contribution in [3.8, 4) is 0 Å². The highest BCUT2D eigenvalue weighted by Crippen LogP contribution is 2.32. The molecule has 1 aromatic carbocycles. The van der Waals surface area contributed by atoms with Crippen molar-refractivity contribution < 1.29 is 9.72 Å². The van der Waals surface area contributed by atoms with Crippen LogP contribution in [-0.4, -0.2) is 9.62 Å². The van der Waals surface area contributed by atoms with Crippen LogP contribution >= 0.6 is 15.9 Å². The quantitative estimate of drug-likeness (QED) is 0.456. The van der Waals surface area contributed by atoms with Crippen molar-refractivity contribution in [3.63, 3.8) is 0 Å². The molecule has 0 amide bonds. The fourth-order valence-corrected chi connectivity index (χ4v) is 2.10. The molecule has 0 aliphatic rings. The van der Waals surface area contributed by atoms with E-state index >= 15 is 0 Å². The number of halogens is 1. The van der Waals surface area contributed by atoms with Crippen LogP contribution in [0.5, 0.6) is 0 Å². The molecule has 0 saturated heterocycles. The van der Waals surface area contributed by atoms with Crippen LogP contribution in [-0.2, 0) is 4.79 Å². The van der Waals surface area contributed by atoms with Crippen LogP contribution in [0, 0.1) is 10.1 Å². The van der Waals surface area contributed by atoms with E-state index in [2.05, 4.69) is 15.9 Å². The normalized spacial score (nSPS) is 12.1. The van der Waals surface area contributed by atoms with E-state index in [-0.39, 0.29) is 21.2 Å². The Labute approximate surface area is 108 Å². The second kappa shape index (κ2) is 6.49. The third-order valence-electron chi connectivity index (χ3n) is 2.76. The molecular weight excluding hydrogens is 286 g/mol. The van der Waals surface area contributed by atoms with Gasteiger partial charge in [0.25, 0.3) is 5.69 Å². The zero-order chi connectivity index (χ0) is 12.8. The van der Waals surface area contributed by atoms with Gasteiger partial charge in [-0.1, -0.05) is 25.1 Å². The van der Waals surface area contributed by atoms with Gasteiger partial charge in [-0.2, -0.15) is 0 Å². The molecule has 0 heterocycles. The largest absolute Gasteiger partial charge is 0.287 e. The minimum Gasteiger partial charge on any atom is -0.287 e. The minimum absolute atomic E-state index is 0.0538. The summed E-state index contributed by atoms with van der Waals surface area (Å²) in [5.41, 5.74) is 0.857. The Balaban J connectivity index is 2.94. The first kappa shape index (κ1) is 13.8. The first-order valence-corrected chi connectivity index (χ1v) is 6.27. The highest BCUT2D eigenvalue weighted by molar-refractivity contribution is 9.18. The highest BCUT2D eigenvalue weighted by atomic mass is 79.9. The molecule has 0 saturated carbocycles. The van der Waals surface area contributed by atoms with E-state index in [1.54, 1.807) is 18.2 Å². The van der Waals surface area contributed by atoms with Gasteiger partial charge in [0.05, 0.1) is 4.92 Å². The maximum atomic E-state index is 10.9. The standard InChI is InChI=1S/C12H14BrNO3/c1-2-9(7-8-12(13)15)10-5-3-4-6-11(10)14(16)17/h3-6,9H,2,7-8H2,1H3. The van der Waals surface area contributed by atoms with Gasteiger partial charge in [-0.3, -0.25) is 14.9 Å². The number of rotatable bonds is 6. The average molecular weight is 300 g/mol. The van der Waals surface area contributed by atoms with Crippen LogP contribution < -0.4 is 0 Å². The summed E-state index contributed by atoms with van der Waals surface area (Å²) in [6.07, 6.45) is 1.81. The topological polar surface area (TPSA) is 60.2 Å².